The standard InChI is InChI=1S/C13H14N2O2/c16-13-10-4-2-1-3-5-11(10)14-12(15-13)9-6-7-17-8-9/h6-8H,1-5H2,(H,14,15,16). The minimum atomic E-state index is 0.00750. The number of aryl methyl sites for hydroxylation is 1. The van der Waals surface area contributed by atoms with E-state index in [1.165, 1.54) is 6.42 Å². The maximum atomic E-state index is 12.0. The number of hydrogen-bond acceptors (Lipinski definition) is 3. The van der Waals surface area contributed by atoms with Crippen LogP contribution in [-0.4, -0.2) is 9.97 Å². The Morgan fingerprint density at radius 2 is 2.12 bits per heavy atom. The van der Waals surface area contributed by atoms with E-state index in [0.29, 0.717) is 5.82 Å². The summed E-state index contributed by atoms with van der Waals surface area (Å²) >= 11 is 0. The van der Waals surface area contributed by atoms with Crippen molar-refractivity contribution in [3.63, 3.8) is 0 Å². The highest BCUT2D eigenvalue weighted by molar-refractivity contribution is 5.52. The minimum absolute atomic E-state index is 0.00750. The van der Waals surface area contributed by atoms with Gasteiger partial charge in [0.2, 0.25) is 0 Å². The van der Waals surface area contributed by atoms with Crippen LogP contribution in [0, 0.1) is 0 Å². The fraction of sp³-hybridized carbons (Fsp3) is 0.385. The topological polar surface area (TPSA) is 58.9 Å². The second-order valence-corrected chi connectivity index (χ2v) is 4.41. The highest BCUT2D eigenvalue weighted by Crippen LogP contribution is 2.19. The average molecular weight is 230 g/mol. The molecule has 4 heteroatoms. The van der Waals surface area contributed by atoms with Crippen LogP contribution >= 0.6 is 0 Å². The van der Waals surface area contributed by atoms with Gasteiger partial charge in [-0.05, 0) is 31.7 Å². The Labute approximate surface area is 98.7 Å². The van der Waals surface area contributed by atoms with Crippen LogP contribution in [0.15, 0.2) is 27.8 Å². The van der Waals surface area contributed by atoms with E-state index in [0.717, 1.165) is 42.5 Å². The van der Waals surface area contributed by atoms with Gasteiger partial charge in [-0.2, -0.15) is 0 Å². The third-order valence-electron chi connectivity index (χ3n) is 3.24. The molecule has 0 aromatic carbocycles. The molecule has 1 N–H and O–H groups in total. The molecule has 0 saturated heterocycles. The predicted octanol–water partition coefficient (Wildman–Crippen LogP) is 2.30. The van der Waals surface area contributed by atoms with Crippen molar-refractivity contribution in [3.05, 3.63) is 40.2 Å². The molecule has 0 bridgehead atoms. The van der Waals surface area contributed by atoms with Crippen molar-refractivity contribution in [2.45, 2.75) is 32.1 Å². The van der Waals surface area contributed by atoms with Crippen LogP contribution in [0.2, 0.25) is 0 Å². The molecule has 0 saturated carbocycles. The van der Waals surface area contributed by atoms with Crippen LogP contribution in [0.25, 0.3) is 11.4 Å². The Balaban J connectivity index is 2.12. The molecule has 4 nitrogen and oxygen atoms in total. The predicted molar refractivity (Wildman–Crippen MR) is 63.8 cm³/mol. The lowest BCUT2D eigenvalue weighted by Gasteiger charge is -2.05. The van der Waals surface area contributed by atoms with Gasteiger partial charge in [0.25, 0.3) is 5.56 Å². The van der Waals surface area contributed by atoms with Crippen molar-refractivity contribution in [2.75, 3.05) is 0 Å². The van der Waals surface area contributed by atoms with Gasteiger partial charge in [-0.15, -0.1) is 0 Å². The zero-order chi connectivity index (χ0) is 11.7. The fourth-order valence-electron chi connectivity index (χ4n) is 2.32. The molecular formula is C13H14N2O2. The molecule has 0 amide bonds. The average Bonchev–Trinajstić information content (AvgIpc) is 2.75. The summed E-state index contributed by atoms with van der Waals surface area (Å²) in [5.74, 6) is 0.615. The molecule has 88 valence electrons. The Bertz CT molecular complexity index is 570. The molecule has 0 aliphatic heterocycles. The summed E-state index contributed by atoms with van der Waals surface area (Å²) in [5, 5.41) is 0. The lowest BCUT2D eigenvalue weighted by Crippen LogP contribution is -2.17. The van der Waals surface area contributed by atoms with Gasteiger partial charge in [0.05, 0.1) is 17.5 Å². The monoisotopic (exact) mass is 230 g/mol. The van der Waals surface area contributed by atoms with Gasteiger partial charge in [-0.25, -0.2) is 4.98 Å². The van der Waals surface area contributed by atoms with Crippen LogP contribution in [0.3, 0.4) is 0 Å². The van der Waals surface area contributed by atoms with Crippen molar-refractivity contribution in [2.24, 2.45) is 0 Å². The van der Waals surface area contributed by atoms with Crippen LogP contribution in [-0.2, 0) is 12.8 Å². The Hall–Kier alpha value is -1.84. The van der Waals surface area contributed by atoms with Gasteiger partial charge in [-0.1, -0.05) is 6.42 Å². The highest BCUT2D eigenvalue weighted by Gasteiger charge is 2.15. The van der Waals surface area contributed by atoms with Crippen LogP contribution < -0.4 is 5.56 Å². The van der Waals surface area contributed by atoms with Crippen molar-refractivity contribution in [3.8, 4) is 11.4 Å². The molecule has 0 unspecified atom stereocenters. The minimum Gasteiger partial charge on any atom is -0.472 e. The van der Waals surface area contributed by atoms with Crippen molar-refractivity contribution >= 4 is 0 Å². The second-order valence-electron chi connectivity index (χ2n) is 4.41. The molecule has 1 aliphatic carbocycles. The molecule has 1 aliphatic rings. The highest BCUT2D eigenvalue weighted by atomic mass is 16.3. The quantitative estimate of drug-likeness (QED) is 0.765. The van der Waals surface area contributed by atoms with Gasteiger partial charge in [0.15, 0.2) is 0 Å². The maximum Gasteiger partial charge on any atom is 0.254 e. The van der Waals surface area contributed by atoms with Gasteiger partial charge < -0.3 is 9.40 Å². The van der Waals surface area contributed by atoms with E-state index in [9.17, 15) is 4.79 Å². The Morgan fingerprint density at radius 1 is 1.24 bits per heavy atom. The zero-order valence-corrected chi connectivity index (χ0v) is 9.53. The van der Waals surface area contributed by atoms with Crippen LogP contribution in [0.5, 0.6) is 0 Å². The molecule has 3 rings (SSSR count). The summed E-state index contributed by atoms with van der Waals surface area (Å²) in [6.45, 7) is 0. The van der Waals surface area contributed by atoms with E-state index < -0.39 is 0 Å². The molecule has 2 heterocycles. The summed E-state index contributed by atoms with van der Waals surface area (Å²) in [4.78, 5) is 19.4. The summed E-state index contributed by atoms with van der Waals surface area (Å²) < 4.78 is 5.02. The van der Waals surface area contributed by atoms with Crippen molar-refractivity contribution < 1.29 is 4.42 Å². The lowest BCUT2D eigenvalue weighted by atomic mass is 10.1. The largest absolute Gasteiger partial charge is 0.472 e. The molecule has 0 fully saturated rings. The van der Waals surface area contributed by atoms with E-state index in [2.05, 4.69) is 9.97 Å². The first kappa shape index (κ1) is 10.3. The Kier molecular flexibility index (Phi) is 2.55. The SMILES string of the molecule is O=c1[nH]c(-c2ccoc2)nc2c1CCCCC2. The first-order chi connectivity index (χ1) is 8.34. The third kappa shape index (κ3) is 1.90. The third-order valence-corrected chi connectivity index (χ3v) is 3.24. The van der Waals surface area contributed by atoms with E-state index in [1.807, 2.05) is 0 Å². The first-order valence-electron chi connectivity index (χ1n) is 5.99. The van der Waals surface area contributed by atoms with E-state index in [-0.39, 0.29) is 5.56 Å². The number of aromatic nitrogens is 2. The number of rotatable bonds is 1. The van der Waals surface area contributed by atoms with E-state index in [4.69, 9.17) is 4.42 Å². The first-order valence-corrected chi connectivity index (χ1v) is 5.99. The number of fused-ring (bicyclic) bond motifs is 1. The molecule has 17 heavy (non-hydrogen) atoms. The fourth-order valence-corrected chi connectivity index (χ4v) is 2.32. The van der Waals surface area contributed by atoms with Crippen LogP contribution in [0.1, 0.15) is 30.5 Å². The number of aromatic amines is 1. The molecule has 0 radical (unpaired) electrons. The number of H-pyrrole nitrogens is 1. The maximum absolute atomic E-state index is 12.0. The number of nitrogens with one attached hydrogen (secondary N) is 1. The number of hydrogen-bond donors (Lipinski definition) is 1. The van der Waals surface area contributed by atoms with Gasteiger partial charge in [0, 0.05) is 5.56 Å². The number of nitrogens with zero attached hydrogens (tertiary/aromatic N) is 1. The molecule has 2 aromatic heterocycles. The molecular weight excluding hydrogens is 216 g/mol. The second kappa shape index (κ2) is 4.20. The summed E-state index contributed by atoms with van der Waals surface area (Å²) in [5.41, 5.74) is 2.67. The van der Waals surface area contributed by atoms with E-state index >= 15 is 0 Å². The number of furan rings is 1. The van der Waals surface area contributed by atoms with Gasteiger partial charge in [-0.3, -0.25) is 4.79 Å². The summed E-state index contributed by atoms with van der Waals surface area (Å²) in [6.07, 6.45) is 8.32. The zero-order valence-electron chi connectivity index (χ0n) is 9.53. The van der Waals surface area contributed by atoms with Crippen molar-refractivity contribution in [1.82, 2.24) is 9.97 Å². The summed E-state index contributed by atoms with van der Waals surface area (Å²) in [7, 11) is 0. The Morgan fingerprint density at radius 3 is 2.94 bits per heavy atom. The van der Waals surface area contributed by atoms with Gasteiger partial charge in [0.1, 0.15) is 12.1 Å². The summed E-state index contributed by atoms with van der Waals surface area (Å²) in [6, 6.07) is 1.81. The van der Waals surface area contributed by atoms with Crippen molar-refractivity contribution in [1.29, 1.82) is 0 Å². The normalized spacial score (nSPS) is 15.3. The smallest absolute Gasteiger partial charge is 0.254 e. The van der Waals surface area contributed by atoms with Crippen LogP contribution in [0.4, 0.5) is 0 Å². The van der Waals surface area contributed by atoms with Gasteiger partial charge >= 0.3 is 0 Å². The lowest BCUT2D eigenvalue weighted by molar-refractivity contribution is 0.568. The van der Waals surface area contributed by atoms with E-state index in [1.54, 1.807) is 18.6 Å². The molecule has 2 aromatic rings. The molecule has 0 spiro atoms. The molecule has 0 atom stereocenters.